The van der Waals surface area contributed by atoms with Gasteiger partial charge in [0.05, 0.1) is 6.54 Å². The van der Waals surface area contributed by atoms with Crippen LogP contribution in [0.1, 0.15) is 15.9 Å². The minimum absolute atomic E-state index is 0.0291. The summed E-state index contributed by atoms with van der Waals surface area (Å²) in [7, 11) is 2.85. The number of nitrogens with one attached hydrogen (secondary N) is 1. The van der Waals surface area contributed by atoms with Crippen LogP contribution in [0.25, 0.3) is 5.65 Å². The number of carbonyl (C=O) groups excluding carboxylic acids is 1. The molecule has 0 radical (unpaired) electrons. The van der Waals surface area contributed by atoms with Crippen molar-refractivity contribution >= 4 is 11.6 Å². The number of rotatable bonds is 5. The summed E-state index contributed by atoms with van der Waals surface area (Å²) in [6, 6.07) is 3.34. The van der Waals surface area contributed by atoms with E-state index >= 15 is 0 Å². The molecule has 0 aromatic carbocycles. The number of methoxy groups -OCH3 is 2. The third kappa shape index (κ3) is 3.07. The molecule has 0 saturated heterocycles. The van der Waals surface area contributed by atoms with E-state index in [1.54, 1.807) is 12.1 Å². The molecule has 2 heterocycles. The SMILES string of the molecule is COC(CNC(=O)c1c(O)nc2cc(C)ccn2c1=O)OC. The van der Waals surface area contributed by atoms with Crippen LogP contribution in [0.3, 0.4) is 0 Å². The van der Waals surface area contributed by atoms with Crippen molar-refractivity contribution in [3.05, 3.63) is 39.8 Å². The third-order valence-electron chi connectivity index (χ3n) is 3.15. The predicted octanol–water partition coefficient (Wildman–Crippen LogP) is 0.0572. The second-order valence-corrected chi connectivity index (χ2v) is 4.66. The molecule has 2 aromatic heterocycles. The fourth-order valence-electron chi connectivity index (χ4n) is 1.95. The maximum Gasteiger partial charge on any atom is 0.274 e. The van der Waals surface area contributed by atoms with Crippen molar-refractivity contribution in [2.75, 3.05) is 20.8 Å². The molecule has 2 rings (SSSR count). The summed E-state index contributed by atoms with van der Waals surface area (Å²) in [6.45, 7) is 1.86. The predicted molar refractivity (Wildman–Crippen MR) is 78.0 cm³/mol. The highest BCUT2D eigenvalue weighted by molar-refractivity contribution is 5.96. The van der Waals surface area contributed by atoms with Crippen LogP contribution in [0.2, 0.25) is 0 Å². The van der Waals surface area contributed by atoms with E-state index in [1.807, 2.05) is 6.92 Å². The zero-order chi connectivity index (χ0) is 16.3. The summed E-state index contributed by atoms with van der Waals surface area (Å²) in [6.07, 6.45) is 0.855. The van der Waals surface area contributed by atoms with E-state index in [0.29, 0.717) is 0 Å². The van der Waals surface area contributed by atoms with Gasteiger partial charge in [0.15, 0.2) is 11.9 Å². The molecule has 0 saturated carbocycles. The van der Waals surface area contributed by atoms with Gasteiger partial charge in [-0.3, -0.25) is 14.0 Å². The van der Waals surface area contributed by atoms with Crippen molar-refractivity contribution in [3.63, 3.8) is 0 Å². The molecule has 22 heavy (non-hydrogen) atoms. The number of nitrogens with zero attached hydrogens (tertiary/aromatic N) is 2. The van der Waals surface area contributed by atoms with Gasteiger partial charge in [-0.1, -0.05) is 0 Å². The Kier molecular flexibility index (Phi) is 4.74. The lowest BCUT2D eigenvalue weighted by Crippen LogP contribution is -2.37. The fourth-order valence-corrected chi connectivity index (χ4v) is 1.95. The van der Waals surface area contributed by atoms with Gasteiger partial charge in [-0.2, -0.15) is 4.98 Å². The minimum atomic E-state index is -0.746. The summed E-state index contributed by atoms with van der Waals surface area (Å²) in [4.78, 5) is 28.3. The molecule has 0 aliphatic heterocycles. The van der Waals surface area contributed by atoms with Crippen molar-refractivity contribution in [2.45, 2.75) is 13.2 Å². The van der Waals surface area contributed by atoms with Gasteiger partial charge in [-0.15, -0.1) is 0 Å². The van der Waals surface area contributed by atoms with Crippen LogP contribution in [0.4, 0.5) is 0 Å². The average Bonchev–Trinajstić information content (AvgIpc) is 2.47. The van der Waals surface area contributed by atoms with Crippen LogP contribution >= 0.6 is 0 Å². The number of pyridine rings is 1. The van der Waals surface area contributed by atoms with Gasteiger partial charge in [0.2, 0.25) is 5.88 Å². The monoisotopic (exact) mass is 307 g/mol. The quantitative estimate of drug-likeness (QED) is 0.757. The standard InChI is InChI=1S/C14H17N3O5/c1-8-4-5-17-9(6-8)16-13(19)11(14(17)20)12(18)15-7-10(21-2)22-3/h4-6,10,19H,7H2,1-3H3,(H,15,18). The van der Waals surface area contributed by atoms with E-state index in [4.69, 9.17) is 9.47 Å². The van der Waals surface area contributed by atoms with Crippen molar-refractivity contribution in [1.29, 1.82) is 0 Å². The van der Waals surface area contributed by atoms with E-state index in [0.717, 1.165) is 5.56 Å². The van der Waals surface area contributed by atoms with E-state index in [-0.39, 0.29) is 12.2 Å². The first-order valence-electron chi connectivity index (χ1n) is 6.53. The van der Waals surface area contributed by atoms with Gasteiger partial charge in [-0.25, -0.2) is 0 Å². The van der Waals surface area contributed by atoms with Crippen LogP contribution in [0.5, 0.6) is 5.88 Å². The van der Waals surface area contributed by atoms with E-state index in [1.165, 1.54) is 24.8 Å². The zero-order valence-electron chi connectivity index (χ0n) is 12.5. The number of aromatic nitrogens is 2. The van der Waals surface area contributed by atoms with Crippen LogP contribution in [0.15, 0.2) is 23.1 Å². The lowest BCUT2D eigenvalue weighted by Gasteiger charge is -2.14. The number of hydrogen-bond acceptors (Lipinski definition) is 6. The molecule has 2 N–H and O–H groups in total. The lowest BCUT2D eigenvalue weighted by molar-refractivity contribution is -0.0974. The fraction of sp³-hybridized carbons (Fsp3) is 0.357. The maximum absolute atomic E-state index is 12.3. The van der Waals surface area contributed by atoms with Crippen molar-refractivity contribution in [1.82, 2.24) is 14.7 Å². The van der Waals surface area contributed by atoms with E-state index in [2.05, 4.69) is 10.3 Å². The van der Waals surface area contributed by atoms with Gasteiger partial charge in [-0.05, 0) is 24.6 Å². The highest BCUT2D eigenvalue weighted by Crippen LogP contribution is 2.12. The van der Waals surface area contributed by atoms with Crippen molar-refractivity contribution in [3.8, 4) is 5.88 Å². The van der Waals surface area contributed by atoms with E-state index in [9.17, 15) is 14.7 Å². The largest absolute Gasteiger partial charge is 0.493 e. The molecule has 8 nitrogen and oxygen atoms in total. The minimum Gasteiger partial charge on any atom is -0.493 e. The van der Waals surface area contributed by atoms with Gasteiger partial charge in [0, 0.05) is 20.4 Å². The molecule has 0 bridgehead atoms. The second-order valence-electron chi connectivity index (χ2n) is 4.66. The van der Waals surface area contributed by atoms with Crippen LogP contribution < -0.4 is 10.9 Å². The van der Waals surface area contributed by atoms with Crippen LogP contribution in [-0.2, 0) is 9.47 Å². The molecule has 0 fully saturated rings. The summed E-state index contributed by atoms with van der Waals surface area (Å²) in [5.41, 5.74) is 0.0796. The summed E-state index contributed by atoms with van der Waals surface area (Å²) in [5.74, 6) is -1.36. The highest BCUT2D eigenvalue weighted by Gasteiger charge is 2.20. The lowest BCUT2D eigenvalue weighted by atomic mass is 10.2. The van der Waals surface area contributed by atoms with Crippen LogP contribution in [0, 0.1) is 6.92 Å². The Morgan fingerprint density at radius 2 is 2.14 bits per heavy atom. The molecular formula is C14H17N3O5. The Morgan fingerprint density at radius 3 is 2.77 bits per heavy atom. The Balaban J connectivity index is 2.37. The first-order valence-corrected chi connectivity index (χ1v) is 6.53. The number of hydrogen-bond donors (Lipinski definition) is 2. The number of aryl methyl sites for hydroxylation is 1. The summed E-state index contributed by atoms with van der Waals surface area (Å²) < 4.78 is 11.1. The molecular weight excluding hydrogens is 290 g/mol. The Morgan fingerprint density at radius 1 is 1.45 bits per heavy atom. The smallest absolute Gasteiger partial charge is 0.274 e. The Bertz CT molecular complexity index is 752. The molecule has 118 valence electrons. The van der Waals surface area contributed by atoms with Gasteiger partial charge in [0.25, 0.3) is 11.5 Å². The third-order valence-corrected chi connectivity index (χ3v) is 3.15. The van der Waals surface area contributed by atoms with E-state index < -0.39 is 29.2 Å². The normalized spacial score (nSPS) is 11.1. The molecule has 1 amide bonds. The molecule has 2 aromatic rings. The molecule has 0 aliphatic carbocycles. The summed E-state index contributed by atoms with van der Waals surface area (Å²) >= 11 is 0. The first kappa shape index (κ1) is 15.9. The topological polar surface area (TPSA) is 102 Å². The average molecular weight is 307 g/mol. The molecule has 8 heteroatoms. The number of carbonyl (C=O) groups is 1. The number of ether oxygens (including phenoxy) is 2. The van der Waals surface area contributed by atoms with Crippen molar-refractivity contribution in [2.24, 2.45) is 0 Å². The Hall–Kier alpha value is -2.45. The summed E-state index contributed by atoms with van der Waals surface area (Å²) in [5, 5.41) is 12.3. The Labute approximate surface area is 126 Å². The molecule has 0 atom stereocenters. The number of amides is 1. The maximum atomic E-state index is 12.3. The number of fused-ring (bicyclic) bond motifs is 1. The highest BCUT2D eigenvalue weighted by atomic mass is 16.7. The van der Waals surface area contributed by atoms with Gasteiger partial charge < -0.3 is 19.9 Å². The van der Waals surface area contributed by atoms with Crippen LogP contribution in [-0.4, -0.2) is 47.5 Å². The van der Waals surface area contributed by atoms with Crippen molar-refractivity contribution < 1.29 is 19.4 Å². The zero-order valence-corrected chi connectivity index (χ0v) is 12.5. The van der Waals surface area contributed by atoms with Gasteiger partial charge >= 0.3 is 0 Å². The molecule has 0 aliphatic rings. The van der Waals surface area contributed by atoms with Gasteiger partial charge in [0.1, 0.15) is 5.65 Å². The molecule has 0 spiro atoms. The number of aromatic hydroxyl groups is 1. The second kappa shape index (κ2) is 6.54. The molecule has 0 unspecified atom stereocenters. The first-order chi connectivity index (χ1) is 10.5.